The number of fused-ring (bicyclic) bond motifs is 2. The lowest BCUT2D eigenvalue weighted by molar-refractivity contribution is 0.489. The Hall–Kier alpha value is -3.35. The van der Waals surface area contributed by atoms with Crippen molar-refractivity contribution in [1.82, 2.24) is 14.6 Å². The number of aromatic nitrogens is 3. The van der Waals surface area contributed by atoms with Crippen LogP contribution in [0.2, 0.25) is 0 Å². The maximum Gasteiger partial charge on any atom is 0.161 e. The fourth-order valence-corrected chi connectivity index (χ4v) is 3.46. The highest BCUT2D eigenvalue weighted by atomic mass is 19.2. The van der Waals surface area contributed by atoms with Crippen LogP contribution in [0.25, 0.3) is 16.8 Å². The summed E-state index contributed by atoms with van der Waals surface area (Å²) in [7, 11) is 0. The number of hydrogen-bond acceptors (Lipinski definition) is 3. The Bertz CT molecular complexity index is 1170. The molecule has 0 bridgehead atoms. The van der Waals surface area contributed by atoms with Crippen molar-refractivity contribution < 1.29 is 13.2 Å². The van der Waals surface area contributed by atoms with E-state index in [0.29, 0.717) is 22.8 Å². The zero-order valence-corrected chi connectivity index (χ0v) is 13.2. The molecule has 0 aliphatic carbocycles. The van der Waals surface area contributed by atoms with Crippen LogP contribution in [0.4, 0.5) is 18.9 Å². The lowest BCUT2D eigenvalue weighted by Crippen LogP contribution is -2.14. The predicted octanol–water partition coefficient (Wildman–Crippen LogP) is 4.33. The van der Waals surface area contributed by atoms with Crippen molar-refractivity contribution >= 4 is 11.2 Å². The molecule has 0 fully saturated rings. The maximum absolute atomic E-state index is 14.5. The molecule has 0 saturated heterocycles. The Balaban J connectivity index is 1.85. The first-order valence-corrected chi connectivity index (χ1v) is 7.96. The number of anilines is 1. The Labute approximate surface area is 145 Å². The summed E-state index contributed by atoms with van der Waals surface area (Å²) in [5.74, 6) is -3.13. The van der Waals surface area contributed by atoms with Gasteiger partial charge in [-0.1, -0.05) is 18.2 Å². The van der Waals surface area contributed by atoms with Crippen molar-refractivity contribution in [1.29, 1.82) is 0 Å². The first kappa shape index (κ1) is 14.9. The maximum atomic E-state index is 14.5. The Morgan fingerprint density at radius 3 is 2.62 bits per heavy atom. The summed E-state index contributed by atoms with van der Waals surface area (Å²) >= 11 is 0. The molecule has 4 aromatic rings. The summed E-state index contributed by atoms with van der Waals surface area (Å²) < 4.78 is 43.4. The van der Waals surface area contributed by atoms with Gasteiger partial charge >= 0.3 is 0 Å². The van der Waals surface area contributed by atoms with Gasteiger partial charge in [-0.3, -0.25) is 0 Å². The molecule has 3 heterocycles. The van der Waals surface area contributed by atoms with Gasteiger partial charge in [0.1, 0.15) is 17.8 Å². The molecule has 1 aliphatic heterocycles. The minimum atomic E-state index is -1.22. The SMILES string of the molecule is Fc1cc(F)c(C2Nc3ccccc3-c3ncnn4ccc2c34)cc1F. The largest absolute Gasteiger partial charge is 0.373 e. The third-order valence-electron chi connectivity index (χ3n) is 4.63. The Kier molecular flexibility index (Phi) is 3.06. The lowest BCUT2D eigenvalue weighted by Gasteiger charge is -2.20. The van der Waals surface area contributed by atoms with Crippen LogP contribution >= 0.6 is 0 Å². The summed E-state index contributed by atoms with van der Waals surface area (Å²) in [5, 5.41) is 7.44. The fraction of sp³-hybridized carbons (Fsp3) is 0.0526. The van der Waals surface area contributed by atoms with Crippen molar-refractivity contribution in [3.63, 3.8) is 0 Å². The number of benzene rings is 2. The summed E-state index contributed by atoms with van der Waals surface area (Å²) in [6.07, 6.45) is 3.18. The highest BCUT2D eigenvalue weighted by Gasteiger charge is 2.29. The molecule has 0 saturated carbocycles. The second kappa shape index (κ2) is 5.32. The van der Waals surface area contributed by atoms with Gasteiger partial charge in [-0.25, -0.2) is 22.7 Å². The minimum absolute atomic E-state index is 0.0171. The van der Waals surface area contributed by atoms with E-state index < -0.39 is 23.5 Å². The summed E-state index contributed by atoms with van der Waals surface area (Å²) in [6, 6.07) is 9.96. The van der Waals surface area contributed by atoms with Crippen LogP contribution in [-0.2, 0) is 0 Å². The molecule has 7 heteroatoms. The monoisotopic (exact) mass is 352 g/mol. The molecule has 2 aromatic carbocycles. The Morgan fingerprint density at radius 1 is 0.923 bits per heavy atom. The predicted molar refractivity (Wildman–Crippen MR) is 90.2 cm³/mol. The molecule has 5 rings (SSSR count). The Morgan fingerprint density at radius 2 is 1.73 bits per heavy atom. The molecule has 128 valence electrons. The minimum Gasteiger partial charge on any atom is -0.373 e. The smallest absolute Gasteiger partial charge is 0.161 e. The molecule has 1 aliphatic rings. The van der Waals surface area contributed by atoms with Crippen molar-refractivity contribution in [3.8, 4) is 11.3 Å². The number of para-hydroxylation sites is 1. The van der Waals surface area contributed by atoms with Gasteiger partial charge < -0.3 is 5.32 Å². The van der Waals surface area contributed by atoms with Crippen LogP contribution in [0.1, 0.15) is 17.2 Å². The van der Waals surface area contributed by atoms with E-state index in [2.05, 4.69) is 15.4 Å². The lowest BCUT2D eigenvalue weighted by atomic mass is 9.99. The van der Waals surface area contributed by atoms with Crippen LogP contribution in [0.15, 0.2) is 55.0 Å². The highest BCUT2D eigenvalue weighted by molar-refractivity contribution is 5.89. The number of halogens is 3. The van der Waals surface area contributed by atoms with Gasteiger partial charge in [-0.2, -0.15) is 5.10 Å². The molecule has 26 heavy (non-hydrogen) atoms. The standard InChI is InChI=1S/C19H11F3N4/c20-13-8-15(22)14(21)7-12(13)17-11-5-6-26-19(11)18(23-9-24-26)10-3-1-2-4-16(10)25-17/h1-9,17,25H. The number of nitrogens with one attached hydrogen (secondary N) is 1. The molecule has 0 amide bonds. The third kappa shape index (κ3) is 2.03. The van der Waals surface area contributed by atoms with Crippen LogP contribution in [0.3, 0.4) is 0 Å². The van der Waals surface area contributed by atoms with Gasteiger partial charge in [-0.15, -0.1) is 0 Å². The molecular formula is C19H11F3N4. The average Bonchev–Trinajstić information content (AvgIpc) is 3.01. The molecule has 0 radical (unpaired) electrons. The topological polar surface area (TPSA) is 42.2 Å². The van der Waals surface area contributed by atoms with Crippen molar-refractivity contribution in [2.24, 2.45) is 0 Å². The van der Waals surface area contributed by atoms with Crippen LogP contribution < -0.4 is 5.32 Å². The van der Waals surface area contributed by atoms with Crippen LogP contribution in [0.5, 0.6) is 0 Å². The summed E-state index contributed by atoms with van der Waals surface area (Å²) in [4.78, 5) is 4.39. The third-order valence-corrected chi connectivity index (χ3v) is 4.63. The molecule has 1 atom stereocenters. The molecule has 4 nitrogen and oxygen atoms in total. The van der Waals surface area contributed by atoms with Crippen molar-refractivity contribution in [2.75, 3.05) is 5.32 Å². The van der Waals surface area contributed by atoms with E-state index in [-0.39, 0.29) is 5.56 Å². The van der Waals surface area contributed by atoms with Gasteiger partial charge in [0, 0.05) is 34.6 Å². The molecule has 1 unspecified atom stereocenters. The van der Waals surface area contributed by atoms with E-state index >= 15 is 0 Å². The van der Waals surface area contributed by atoms with Crippen molar-refractivity contribution in [2.45, 2.75) is 6.04 Å². The van der Waals surface area contributed by atoms with E-state index in [0.717, 1.165) is 17.3 Å². The normalized spacial score (nSPS) is 15.4. The van der Waals surface area contributed by atoms with E-state index in [4.69, 9.17) is 0 Å². The van der Waals surface area contributed by atoms with Gasteiger partial charge in [-0.05, 0) is 18.2 Å². The first-order valence-electron chi connectivity index (χ1n) is 7.96. The quantitative estimate of drug-likeness (QED) is 0.519. The average molecular weight is 352 g/mol. The number of rotatable bonds is 1. The van der Waals surface area contributed by atoms with Crippen LogP contribution in [0, 0.1) is 17.5 Å². The van der Waals surface area contributed by atoms with E-state index in [1.807, 2.05) is 24.3 Å². The van der Waals surface area contributed by atoms with Gasteiger partial charge in [0.05, 0.1) is 11.6 Å². The summed E-state index contributed by atoms with van der Waals surface area (Å²) in [5.41, 5.74) is 3.63. The van der Waals surface area contributed by atoms with E-state index in [1.165, 1.54) is 6.33 Å². The number of nitrogens with zero attached hydrogens (tertiary/aromatic N) is 3. The molecular weight excluding hydrogens is 341 g/mol. The summed E-state index contributed by atoms with van der Waals surface area (Å²) in [6.45, 7) is 0. The second-order valence-electron chi connectivity index (χ2n) is 6.08. The van der Waals surface area contributed by atoms with Crippen molar-refractivity contribution in [3.05, 3.63) is 83.6 Å². The fourth-order valence-electron chi connectivity index (χ4n) is 3.46. The molecule has 2 aromatic heterocycles. The molecule has 1 N–H and O–H groups in total. The van der Waals surface area contributed by atoms with Gasteiger partial charge in [0.15, 0.2) is 11.6 Å². The first-order chi connectivity index (χ1) is 12.6. The van der Waals surface area contributed by atoms with Gasteiger partial charge in [0.2, 0.25) is 0 Å². The zero-order chi connectivity index (χ0) is 17.8. The number of hydrogen-bond donors (Lipinski definition) is 1. The van der Waals surface area contributed by atoms with Crippen LogP contribution in [-0.4, -0.2) is 14.6 Å². The van der Waals surface area contributed by atoms with E-state index in [1.54, 1.807) is 16.8 Å². The molecule has 0 spiro atoms. The highest BCUT2D eigenvalue weighted by Crippen LogP contribution is 2.41. The second-order valence-corrected chi connectivity index (χ2v) is 6.08. The van der Waals surface area contributed by atoms with Gasteiger partial charge in [0.25, 0.3) is 0 Å². The van der Waals surface area contributed by atoms with E-state index in [9.17, 15) is 13.2 Å². The zero-order valence-electron chi connectivity index (χ0n) is 13.2.